The molecule has 0 spiro atoms. The summed E-state index contributed by atoms with van der Waals surface area (Å²) < 4.78 is 66.9. The molecular weight excluding hydrogens is 315 g/mol. The Morgan fingerprint density at radius 1 is 1.05 bits per heavy atom. The number of halogens is 6. The molecule has 1 N–H and O–H groups in total. The summed E-state index contributed by atoms with van der Waals surface area (Å²) in [5, 5.41) is 3.04. The van der Waals surface area contributed by atoms with E-state index in [1.165, 1.54) is 0 Å². The fourth-order valence-corrected chi connectivity index (χ4v) is 2.49. The van der Waals surface area contributed by atoms with Crippen LogP contribution < -0.4 is 5.32 Å². The molecule has 0 saturated carbocycles. The molecule has 1 aromatic carbocycles. The van der Waals surface area contributed by atoms with Crippen molar-refractivity contribution in [3.05, 3.63) is 34.9 Å². The monoisotopic (exact) mass is 330 g/mol. The number of piperazine rings is 1. The molecular formula is C13H16ClF5N2. The maximum absolute atomic E-state index is 13.8. The lowest BCUT2D eigenvalue weighted by atomic mass is 9.99. The van der Waals surface area contributed by atoms with Crippen LogP contribution in [0.1, 0.15) is 18.0 Å². The second kappa shape index (κ2) is 7.91. The van der Waals surface area contributed by atoms with Gasteiger partial charge in [0.15, 0.2) is 23.3 Å². The van der Waals surface area contributed by atoms with E-state index in [1.54, 1.807) is 4.90 Å². The van der Waals surface area contributed by atoms with Crippen molar-refractivity contribution in [1.82, 2.24) is 10.2 Å². The molecule has 1 aliphatic rings. The Morgan fingerprint density at radius 2 is 1.57 bits per heavy atom. The zero-order chi connectivity index (χ0) is 14.7. The normalized spacial score (nSPS) is 17.4. The highest BCUT2D eigenvalue weighted by atomic mass is 35.5. The van der Waals surface area contributed by atoms with E-state index in [1.807, 2.05) is 0 Å². The molecule has 21 heavy (non-hydrogen) atoms. The summed E-state index contributed by atoms with van der Waals surface area (Å²) in [5.41, 5.74) is -0.720. The molecule has 0 radical (unpaired) electrons. The van der Waals surface area contributed by atoms with Crippen LogP contribution >= 0.6 is 12.4 Å². The first-order chi connectivity index (χ1) is 9.56. The second-order valence-electron chi connectivity index (χ2n) is 4.66. The van der Waals surface area contributed by atoms with Crippen molar-refractivity contribution < 1.29 is 22.0 Å². The van der Waals surface area contributed by atoms with Crippen LogP contribution in [-0.4, -0.2) is 37.8 Å². The molecule has 1 atom stereocenters. The third kappa shape index (κ3) is 3.84. The fraction of sp³-hybridized carbons (Fsp3) is 0.538. The number of nitrogens with one attached hydrogen (secondary N) is 1. The smallest absolute Gasteiger partial charge is 0.166 e. The van der Waals surface area contributed by atoms with E-state index in [0.29, 0.717) is 26.2 Å². The van der Waals surface area contributed by atoms with E-state index in [-0.39, 0.29) is 24.9 Å². The summed E-state index contributed by atoms with van der Waals surface area (Å²) in [5.74, 6) is -5.81. The maximum Gasteiger partial charge on any atom is 0.166 e. The van der Waals surface area contributed by atoms with Gasteiger partial charge < -0.3 is 5.32 Å². The standard InChI is InChI=1S/C13H15F5N2.ClH/c14-2-1-10(20-5-3-19-4-6-20)11-12(17)8(15)7-9(16)13(11)18;/h7,10,19H,1-6H2;1H/t10-;/m1./s1. The van der Waals surface area contributed by atoms with E-state index in [9.17, 15) is 22.0 Å². The van der Waals surface area contributed by atoms with E-state index in [0.717, 1.165) is 0 Å². The van der Waals surface area contributed by atoms with Crippen molar-refractivity contribution in [1.29, 1.82) is 0 Å². The highest BCUT2D eigenvalue weighted by molar-refractivity contribution is 5.85. The number of benzene rings is 1. The quantitative estimate of drug-likeness (QED) is 0.674. The van der Waals surface area contributed by atoms with Gasteiger partial charge in [0.05, 0.1) is 6.67 Å². The zero-order valence-corrected chi connectivity index (χ0v) is 12.0. The van der Waals surface area contributed by atoms with Crippen LogP contribution in [-0.2, 0) is 0 Å². The van der Waals surface area contributed by atoms with Crippen LogP contribution in [0.3, 0.4) is 0 Å². The van der Waals surface area contributed by atoms with Crippen molar-refractivity contribution in [2.75, 3.05) is 32.9 Å². The minimum atomic E-state index is -1.46. The lowest BCUT2D eigenvalue weighted by Gasteiger charge is -2.35. The van der Waals surface area contributed by atoms with Gasteiger partial charge in [-0.1, -0.05) is 0 Å². The van der Waals surface area contributed by atoms with Crippen LogP contribution in [0.2, 0.25) is 0 Å². The largest absolute Gasteiger partial charge is 0.314 e. The van der Waals surface area contributed by atoms with E-state index in [4.69, 9.17) is 0 Å². The van der Waals surface area contributed by atoms with E-state index >= 15 is 0 Å². The van der Waals surface area contributed by atoms with Gasteiger partial charge in [0.25, 0.3) is 0 Å². The maximum atomic E-state index is 13.8. The first kappa shape index (κ1) is 18.1. The number of nitrogens with zero attached hydrogens (tertiary/aromatic N) is 1. The average Bonchev–Trinajstić information content (AvgIpc) is 2.45. The summed E-state index contributed by atoms with van der Waals surface area (Å²) in [6, 6.07) is -0.842. The third-order valence-electron chi connectivity index (χ3n) is 3.45. The van der Waals surface area contributed by atoms with E-state index < -0.39 is 41.5 Å². The van der Waals surface area contributed by atoms with Gasteiger partial charge in [0.1, 0.15) is 0 Å². The molecule has 1 aliphatic heterocycles. The molecule has 1 saturated heterocycles. The molecule has 1 fully saturated rings. The highest BCUT2D eigenvalue weighted by Gasteiger charge is 2.30. The predicted octanol–water partition coefficient (Wildman–Crippen LogP) is 2.97. The van der Waals surface area contributed by atoms with Gasteiger partial charge in [0.2, 0.25) is 0 Å². The molecule has 0 amide bonds. The van der Waals surface area contributed by atoms with Gasteiger partial charge >= 0.3 is 0 Å². The summed E-state index contributed by atoms with van der Waals surface area (Å²) >= 11 is 0. The summed E-state index contributed by atoms with van der Waals surface area (Å²) in [4.78, 5) is 1.64. The SMILES string of the molecule is Cl.FCC[C@H](c1c(F)c(F)cc(F)c1F)N1CCNCC1. The van der Waals surface area contributed by atoms with Gasteiger partial charge in [-0.25, -0.2) is 17.6 Å². The van der Waals surface area contributed by atoms with Crippen molar-refractivity contribution in [2.24, 2.45) is 0 Å². The van der Waals surface area contributed by atoms with Crippen molar-refractivity contribution in [3.63, 3.8) is 0 Å². The summed E-state index contributed by atoms with van der Waals surface area (Å²) in [6.45, 7) is 1.18. The molecule has 1 heterocycles. The highest BCUT2D eigenvalue weighted by Crippen LogP contribution is 2.31. The molecule has 120 valence electrons. The molecule has 1 aromatic rings. The minimum Gasteiger partial charge on any atom is -0.314 e. The molecule has 2 rings (SSSR count). The molecule has 0 bridgehead atoms. The minimum absolute atomic E-state index is 0. The first-order valence-corrected chi connectivity index (χ1v) is 6.40. The van der Waals surface area contributed by atoms with Gasteiger partial charge in [0, 0.05) is 43.9 Å². The van der Waals surface area contributed by atoms with Crippen LogP contribution in [0.4, 0.5) is 22.0 Å². The van der Waals surface area contributed by atoms with Crippen molar-refractivity contribution in [3.8, 4) is 0 Å². The Hall–Kier alpha value is -0.920. The Morgan fingerprint density at radius 3 is 2.05 bits per heavy atom. The molecule has 8 heteroatoms. The van der Waals surface area contributed by atoms with Gasteiger partial charge in [-0.15, -0.1) is 12.4 Å². The molecule has 0 aliphatic carbocycles. The zero-order valence-electron chi connectivity index (χ0n) is 11.1. The predicted molar refractivity (Wildman–Crippen MR) is 71.3 cm³/mol. The second-order valence-corrected chi connectivity index (χ2v) is 4.66. The Labute approximate surface area is 125 Å². The average molecular weight is 331 g/mol. The Kier molecular flexibility index (Phi) is 6.83. The first-order valence-electron chi connectivity index (χ1n) is 6.40. The van der Waals surface area contributed by atoms with Crippen LogP contribution in [0, 0.1) is 23.3 Å². The van der Waals surface area contributed by atoms with Crippen molar-refractivity contribution in [2.45, 2.75) is 12.5 Å². The summed E-state index contributed by atoms with van der Waals surface area (Å²) in [7, 11) is 0. The Bertz CT molecular complexity index is 454. The summed E-state index contributed by atoms with van der Waals surface area (Å²) in [6.07, 6.45) is -0.212. The lowest BCUT2D eigenvalue weighted by Crippen LogP contribution is -2.45. The number of hydrogen-bond acceptors (Lipinski definition) is 2. The Balaban J connectivity index is 0.00000220. The van der Waals surface area contributed by atoms with Gasteiger partial charge in [-0.3, -0.25) is 9.29 Å². The fourth-order valence-electron chi connectivity index (χ4n) is 2.49. The van der Waals surface area contributed by atoms with Gasteiger partial charge in [-0.2, -0.15) is 0 Å². The van der Waals surface area contributed by atoms with E-state index in [2.05, 4.69) is 5.32 Å². The molecule has 0 aromatic heterocycles. The van der Waals surface area contributed by atoms with Crippen LogP contribution in [0.5, 0.6) is 0 Å². The number of hydrogen-bond donors (Lipinski definition) is 1. The molecule has 0 unspecified atom stereocenters. The van der Waals surface area contributed by atoms with Gasteiger partial charge in [-0.05, 0) is 6.42 Å². The van der Waals surface area contributed by atoms with Crippen LogP contribution in [0.25, 0.3) is 0 Å². The third-order valence-corrected chi connectivity index (χ3v) is 3.45. The number of alkyl halides is 1. The lowest BCUT2D eigenvalue weighted by molar-refractivity contribution is 0.149. The topological polar surface area (TPSA) is 15.3 Å². The van der Waals surface area contributed by atoms with Crippen molar-refractivity contribution >= 4 is 12.4 Å². The number of rotatable bonds is 4. The van der Waals surface area contributed by atoms with Crippen LogP contribution in [0.15, 0.2) is 6.07 Å². The molecule has 2 nitrogen and oxygen atoms in total.